The third-order valence-corrected chi connectivity index (χ3v) is 2.93. The Hall–Kier alpha value is -2.07. The van der Waals surface area contributed by atoms with Crippen molar-refractivity contribution in [2.75, 3.05) is 0 Å². The first-order valence-electron chi connectivity index (χ1n) is 5.82. The fourth-order valence-electron chi connectivity index (χ4n) is 1.85. The van der Waals surface area contributed by atoms with Gasteiger partial charge < -0.3 is 15.4 Å². The van der Waals surface area contributed by atoms with E-state index in [0.29, 0.717) is 12.1 Å². The van der Waals surface area contributed by atoms with Crippen molar-refractivity contribution in [3.8, 4) is 0 Å². The van der Waals surface area contributed by atoms with E-state index < -0.39 is 0 Å². The van der Waals surface area contributed by atoms with Crippen molar-refractivity contribution in [3.05, 3.63) is 58.9 Å². The lowest BCUT2D eigenvalue weighted by atomic mass is 10.1. The SMILES string of the molecule is Cc1[nH]ccc1C(=O)NCc1ccccc1CO. The molecule has 0 fully saturated rings. The van der Waals surface area contributed by atoms with Gasteiger partial charge >= 0.3 is 0 Å². The molecule has 1 aromatic carbocycles. The van der Waals surface area contributed by atoms with Gasteiger partial charge in [-0.15, -0.1) is 0 Å². The van der Waals surface area contributed by atoms with Gasteiger partial charge in [0.25, 0.3) is 5.91 Å². The summed E-state index contributed by atoms with van der Waals surface area (Å²) in [5.41, 5.74) is 3.27. The number of H-pyrrole nitrogens is 1. The minimum atomic E-state index is -0.110. The van der Waals surface area contributed by atoms with E-state index in [1.54, 1.807) is 12.3 Å². The number of aryl methyl sites for hydroxylation is 1. The predicted octanol–water partition coefficient (Wildman–Crippen LogP) is 1.75. The van der Waals surface area contributed by atoms with Crippen LogP contribution < -0.4 is 5.32 Å². The molecule has 1 aromatic heterocycles. The van der Waals surface area contributed by atoms with Gasteiger partial charge in [-0.1, -0.05) is 24.3 Å². The highest BCUT2D eigenvalue weighted by atomic mass is 16.3. The number of hydrogen-bond donors (Lipinski definition) is 3. The fourth-order valence-corrected chi connectivity index (χ4v) is 1.85. The molecule has 0 aliphatic rings. The zero-order valence-electron chi connectivity index (χ0n) is 10.2. The zero-order chi connectivity index (χ0) is 13.0. The van der Waals surface area contributed by atoms with Crippen molar-refractivity contribution in [3.63, 3.8) is 0 Å². The molecule has 0 saturated heterocycles. The van der Waals surface area contributed by atoms with Crippen LogP contribution in [0.5, 0.6) is 0 Å². The van der Waals surface area contributed by atoms with E-state index >= 15 is 0 Å². The second-order valence-electron chi connectivity index (χ2n) is 4.13. The number of aliphatic hydroxyl groups excluding tert-OH is 1. The molecular formula is C14H16N2O2. The molecule has 1 amide bonds. The molecule has 3 N–H and O–H groups in total. The summed E-state index contributed by atoms with van der Waals surface area (Å²) in [5, 5.41) is 12.0. The molecule has 4 nitrogen and oxygen atoms in total. The molecular weight excluding hydrogens is 228 g/mol. The summed E-state index contributed by atoms with van der Waals surface area (Å²) in [7, 11) is 0. The first-order chi connectivity index (χ1) is 8.72. The van der Waals surface area contributed by atoms with Crippen LogP contribution in [0.25, 0.3) is 0 Å². The average molecular weight is 244 g/mol. The van der Waals surface area contributed by atoms with Gasteiger partial charge in [-0.2, -0.15) is 0 Å². The van der Waals surface area contributed by atoms with Crippen molar-refractivity contribution in [1.82, 2.24) is 10.3 Å². The summed E-state index contributed by atoms with van der Waals surface area (Å²) in [6, 6.07) is 9.26. The minimum absolute atomic E-state index is 0.0186. The number of nitrogens with one attached hydrogen (secondary N) is 2. The van der Waals surface area contributed by atoms with E-state index in [1.165, 1.54) is 0 Å². The Morgan fingerprint density at radius 3 is 2.61 bits per heavy atom. The number of amides is 1. The van der Waals surface area contributed by atoms with Gasteiger partial charge in [0.1, 0.15) is 0 Å². The normalized spacial score (nSPS) is 10.3. The Morgan fingerprint density at radius 1 is 1.28 bits per heavy atom. The summed E-state index contributed by atoms with van der Waals surface area (Å²) >= 11 is 0. The van der Waals surface area contributed by atoms with Crippen LogP contribution >= 0.6 is 0 Å². The Kier molecular flexibility index (Phi) is 3.79. The molecule has 0 aliphatic carbocycles. The van der Waals surface area contributed by atoms with Crippen molar-refractivity contribution < 1.29 is 9.90 Å². The molecule has 1 heterocycles. The highest BCUT2D eigenvalue weighted by Gasteiger charge is 2.09. The summed E-state index contributed by atoms with van der Waals surface area (Å²) in [4.78, 5) is 14.9. The molecule has 2 aromatic rings. The number of carbonyl (C=O) groups is 1. The van der Waals surface area contributed by atoms with Crippen LogP contribution in [0.2, 0.25) is 0 Å². The summed E-state index contributed by atoms with van der Waals surface area (Å²) in [6.07, 6.45) is 1.74. The maximum absolute atomic E-state index is 11.9. The highest BCUT2D eigenvalue weighted by Crippen LogP contribution is 2.09. The van der Waals surface area contributed by atoms with E-state index in [0.717, 1.165) is 16.8 Å². The third-order valence-electron chi connectivity index (χ3n) is 2.93. The van der Waals surface area contributed by atoms with Crippen molar-refractivity contribution in [1.29, 1.82) is 0 Å². The second kappa shape index (κ2) is 5.51. The molecule has 0 atom stereocenters. The molecule has 0 unspecified atom stereocenters. The molecule has 0 bridgehead atoms. The topological polar surface area (TPSA) is 65.1 Å². The lowest BCUT2D eigenvalue weighted by molar-refractivity contribution is 0.0950. The lowest BCUT2D eigenvalue weighted by Gasteiger charge is -2.08. The Morgan fingerprint density at radius 2 is 2.00 bits per heavy atom. The van der Waals surface area contributed by atoms with E-state index in [9.17, 15) is 9.90 Å². The lowest BCUT2D eigenvalue weighted by Crippen LogP contribution is -2.23. The van der Waals surface area contributed by atoms with Gasteiger partial charge in [0.2, 0.25) is 0 Å². The second-order valence-corrected chi connectivity index (χ2v) is 4.13. The van der Waals surface area contributed by atoms with E-state index in [-0.39, 0.29) is 12.5 Å². The minimum Gasteiger partial charge on any atom is -0.392 e. The van der Waals surface area contributed by atoms with Gasteiger partial charge in [0, 0.05) is 18.4 Å². The van der Waals surface area contributed by atoms with Gasteiger partial charge in [0.15, 0.2) is 0 Å². The third kappa shape index (κ3) is 2.60. The van der Waals surface area contributed by atoms with Crippen molar-refractivity contribution >= 4 is 5.91 Å². The van der Waals surface area contributed by atoms with Gasteiger partial charge in [-0.05, 0) is 24.1 Å². The number of aliphatic hydroxyl groups is 1. The maximum Gasteiger partial charge on any atom is 0.253 e. The predicted molar refractivity (Wildman–Crippen MR) is 69.1 cm³/mol. The molecule has 94 valence electrons. The monoisotopic (exact) mass is 244 g/mol. The fraction of sp³-hybridized carbons (Fsp3) is 0.214. The largest absolute Gasteiger partial charge is 0.392 e. The van der Waals surface area contributed by atoms with Gasteiger partial charge in [0.05, 0.1) is 12.2 Å². The Labute approximate surface area is 106 Å². The molecule has 2 rings (SSSR count). The van der Waals surface area contributed by atoms with Crippen LogP contribution in [0.1, 0.15) is 27.2 Å². The molecule has 0 aliphatic heterocycles. The van der Waals surface area contributed by atoms with Crippen LogP contribution in [-0.2, 0) is 13.2 Å². The number of aromatic nitrogens is 1. The summed E-state index contributed by atoms with van der Waals surface area (Å²) < 4.78 is 0. The number of carbonyl (C=O) groups excluding carboxylic acids is 1. The van der Waals surface area contributed by atoms with Crippen molar-refractivity contribution in [2.24, 2.45) is 0 Å². The number of benzene rings is 1. The average Bonchev–Trinajstić information content (AvgIpc) is 2.82. The van der Waals surface area contributed by atoms with Crippen LogP contribution in [0, 0.1) is 6.92 Å². The molecule has 0 saturated carbocycles. The molecule has 4 heteroatoms. The quantitative estimate of drug-likeness (QED) is 0.767. The van der Waals surface area contributed by atoms with Crippen LogP contribution in [0.3, 0.4) is 0 Å². The van der Waals surface area contributed by atoms with Gasteiger partial charge in [-0.3, -0.25) is 4.79 Å². The maximum atomic E-state index is 11.9. The van der Waals surface area contributed by atoms with E-state index in [2.05, 4.69) is 10.3 Å². The standard InChI is InChI=1S/C14H16N2O2/c1-10-13(6-7-15-10)14(18)16-8-11-4-2-3-5-12(11)9-17/h2-7,15,17H,8-9H2,1H3,(H,16,18). The number of rotatable bonds is 4. The Balaban J connectivity index is 2.04. The van der Waals surface area contributed by atoms with Gasteiger partial charge in [-0.25, -0.2) is 0 Å². The molecule has 0 spiro atoms. The first-order valence-corrected chi connectivity index (χ1v) is 5.82. The Bertz CT molecular complexity index is 546. The van der Waals surface area contributed by atoms with Crippen LogP contribution in [-0.4, -0.2) is 16.0 Å². The first kappa shape index (κ1) is 12.4. The van der Waals surface area contributed by atoms with Crippen LogP contribution in [0.15, 0.2) is 36.5 Å². The van der Waals surface area contributed by atoms with E-state index in [4.69, 9.17) is 0 Å². The smallest absolute Gasteiger partial charge is 0.253 e. The molecule has 18 heavy (non-hydrogen) atoms. The summed E-state index contributed by atoms with van der Waals surface area (Å²) in [5.74, 6) is -0.110. The summed E-state index contributed by atoms with van der Waals surface area (Å²) in [6.45, 7) is 2.26. The number of aromatic amines is 1. The van der Waals surface area contributed by atoms with E-state index in [1.807, 2.05) is 31.2 Å². The molecule has 0 radical (unpaired) electrons. The number of hydrogen-bond acceptors (Lipinski definition) is 2. The highest BCUT2D eigenvalue weighted by molar-refractivity contribution is 5.95. The van der Waals surface area contributed by atoms with Crippen LogP contribution in [0.4, 0.5) is 0 Å². The van der Waals surface area contributed by atoms with Crippen molar-refractivity contribution in [2.45, 2.75) is 20.1 Å². The zero-order valence-corrected chi connectivity index (χ0v) is 10.2.